The van der Waals surface area contributed by atoms with Gasteiger partial charge >= 0.3 is 0 Å². The number of aromatic nitrogens is 2. The Morgan fingerprint density at radius 2 is 2.31 bits per heavy atom. The van der Waals surface area contributed by atoms with E-state index in [1.54, 1.807) is 12.3 Å². The van der Waals surface area contributed by atoms with Crippen LogP contribution in [0, 0.1) is 18.3 Å². The summed E-state index contributed by atoms with van der Waals surface area (Å²) in [5, 5.41) is 12.8. The molecule has 0 fully saturated rings. The zero-order chi connectivity index (χ0) is 11.5. The first-order chi connectivity index (χ1) is 7.70. The molecule has 2 aromatic rings. The number of nitriles is 1. The minimum Gasteiger partial charge on any atom is -0.315 e. The number of aryl methyl sites for hydroxylation is 1. The van der Waals surface area contributed by atoms with E-state index in [1.165, 1.54) is 17.5 Å². The van der Waals surface area contributed by atoms with Crippen LogP contribution in [0.4, 0.5) is 10.9 Å². The van der Waals surface area contributed by atoms with Crippen LogP contribution in [-0.4, -0.2) is 9.97 Å². The first-order valence-electron chi connectivity index (χ1n) is 4.45. The summed E-state index contributed by atoms with van der Waals surface area (Å²) in [6.07, 6.45) is 3.29. The van der Waals surface area contributed by atoms with Gasteiger partial charge in [-0.25, -0.2) is 9.97 Å². The SMILES string of the molecule is Cc1cnc(Nc2nccc(C#N)c2Cl)s1. The highest BCUT2D eigenvalue weighted by molar-refractivity contribution is 7.15. The van der Waals surface area contributed by atoms with Gasteiger partial charge in [-0.05, 0) is 13.0 Å². The lowest BCUT2D eigenvalue weighted by molar-refractivity contribution is 1.27. The molecule has 0 atom stereocenters. The molecule has 16 heavy (non-hydrogen) atoms. The third-order valence-electron chi connectivity index (χ3n) is 1.86. The van der Waals surface area contributed by atoms with Crippen LogP contribution < -0.4 is 5.32 Å². The highest BCUT2D eigenvalue weighted by Gasteiger charge is 2.08. The molecule has 0 aliphatic heterocycles. The van der Waals surface area contributed by atoms with Gasteiger partial charge in [0.05, 0.1) is 5.56 Å². The van der Waals surface area contributed by atoms with E-state index in [-0.39, 0.29) is 0 Å². The molecule has 2 heterocycles. The summed E-state index contributed by atoms with van der Waals surface area (Å²) in [5.41, 5.74) is 0.396. The van der Waals surface area contributed by atoms with E-state index in [0.29, 0.717) is 21.5 Å². The van der Waals surface area contributed by atoms with Gasteiger partial charge in [-0.15, -0.1) is 11.3 Å². The molecule has 2 aromatic heterocycles. The van der Waals surface area contributed by atoms with Gasteiger partial charge < -0.3 is 5.32 Å². The van der Waals surface area contributed by atoms with Gasteiger partial charge in [0, 0.05) is 17.3 Å². The summed E-state index contributed by atoms with van der Waals surface area (Å²) in [4.78, 5) is 9.29. The van der Waals surface area contributed by atoms with Crippen molar-refractivity contribution in [2.24, 2.45) is 0 Å². The van der Waals surface area contributed by atoms with Crippen LogP contribution in [0.3, 0.4) is 0 Å². The van der Waals surface area contributed by atoms with Gasteiger partial charge in [0.25, 0.3) is 0 Å². The minimum atomic E-state index is 0.317. The van der Waals surface area contributed by atoms with Crippen LogP contribution in [0.15, 0.2) is 18.5 Å². The standard InChI is InChI=1S/C10H7ClN4S/c1-6-5-14-10(16-6)15-9-8(11)7(4-12)2-3-13-9/h2-3,5H,1H3,(H,13,14,15). The first-order valence-corrected chi connectivity index (χ1v) is 5.64. The van der Waals surface area contributed by atoms with E-state index < -0.39 is 0 Å². The third-order valence-corrected chi connectivity index (χ3v) is 3.07. The zero-order valence-corrected chi connectivity index (χ0v) is 9.93. The normalized spacial score (nSPS) is 9.81. The fraction of sp³-hybridized carbons (Fsp3) is 0.100. The average Bonchev–Trinajstić information content (AvgIpc) is 2.67. The number of thiazole rings is 1. The predicted octanol–water partition coefficient (Wildman–Crippen LogP) is 3.12. The molecule has 80 valence electrons. The lowest BCUT2D eigenvalue weighted by Gasteiger charge is -2.04. The summed E-state index contributed by atoms with van der Waals surface area (Å²) in [6, 6.07) is 3.57. The van der Waals surface area contributed by atoms with Gasteiger partial charge in [-0.2, -0.15) is 5.26 Å². The molecule has 0 amide bonds. The summed E-state index contributed by atoms with van der Waals surface area (Å²) in [6.45, 7) is 1.96. The molecule has 2 rings (SSSR count). The monoisotopic (exact) mass is 250 g/mol. The summed E-state index contributed by atoms with van der Waals surface area (Å²) in [7, 11) is 0. The molecule has 0 aliphatic carbocycles. The number of rotatable bonds is 2. The van der Waals surface area contributed by atoms with Crippen molar-refractivity contribution < 1.29 is 0 Å². The van der Waals surface area contributed by atoms with Gasteiger partial charge in [-0.3, -0.25) is 0 Å². The quantitative estimate of drug-likeness (QED) is 0.890. The zero-order valence-electron chi connectivity index (χ0n) is 8.36. The molecule has 4 nitrogen and oxygen atoms in total. The molecule has 6 heteroatoms. The summed E-state index contributed by atoms with van der Waals surface area (Å²) < 4.78 is 0. The first kappa shape index (κ1) is 10.9. The second-order valence-corrected chi connectivity index (χ2v) is 4.65. The average molecular weight is 251 g/mol. The molecule has 0 saturated carbocycles. The van der Waals surface area contributed by atoms with Crippen LogP contribution in [0.5, 0.6) is 0 Å². The fourth-order valence-electron chi connectivity index (χ4n) is 1.13. The Balaban J connectivity index is 2.32. The molecular formula is C10H7ClN4S. The van der Waals surface area contributed by atoms with Gasteiger partial charge in [0.2, 0.25) is 0 Å². The molecular weight excluding hydrogens is 244 g/mol. The number of halogens is 1. The van der Waals surface area contributed by atoms with Crippen molar-refractivity contribution in [2.75, 3.05) is 5.32 Å². The van der Waals surface area contributed by atoms with Crippen LogP contribution in [0.1, 0.15) is 10.4 Å². The topological polar surface area (TPSA) is 61.6 Å². The van der Waals surface area contributed by atoms with Crippen LogP contribution in [0.25, 0.3) is 0 Å². The van der Waals surface area contributed by atoms with E-state index in [0.717, 1.165) is 4.88 Å². The fourth-order valence-corrected chi connectivity index (χ4v) is 2.00. The van der Waals surface area contributed by atoms with Gasteiger partial charge in [-0.1, -0.05) is 11.6 Å². The molecule has 1 N–H and O–H groups in total. The van der Waals surface area contributed by atoms with Crippen molar-refractivity contribution in [3.8, 4) is 6.07 Å². The number of pyridine rings is 1. The second-order valence-electron chi connectivity index (χ2n) is 3.03. The number of nitrogens with zero attached hydrogens (tertiary/aromatic N) is 3. The Labute approximate surface area is 102 Å². The lowest BCUT2D eigenvalue weighted by Crippen LogP contribution is -1.95. The molecule has 0 aromatic carbocycles. The number of hydrogen-bond donors (Lipinski definition) is 1. The number of anilines is 2. The molecule has 0 spiro atoms. The Kier molecular flexibility index (Phi) is 3.04. The van der Waals surface area contributed by atoms with Crippen LogP contribution in [-0.2, 0) is 0 Å². The molecule has 0 radical (unpaired) electrons. The van der Waals surface area contributed by atoms with E-state index in [9.17, 15) is 0 Å². The van der Waals surface area contributed by atoms with E-state index in [2.05, 4.69) is 15.3 Å². The molecule has 0 aliphatic rings. The smallest absolute Gasteiger partial charge is 0.188 e. The number of nitrogens with one attached hydrogen (secondary N) is 1. The highest BCUT2D eigenvalue weighted by Crippen LogP contribution is 2.27. The van der Waals surface area contributed by atoms with Gasteiger partial charge in [0.15, 0.2) is 10.9 Å². The summed E-state index contributed by atoms with van der Waals surface area (Å²) >= 11 is 7.50. The Hall–Kier alpha value is -1.64. The summed E-state index contributed by atoms with van der Waals surface area (Å²) in [5.74, 6) is 0.454. The van der Waals surface area contributed by atoms with Crippen molar-refractivity contribution in [3.63, 3.8) is 0 Å². The molecule has 0 unspecified atom stereocenters. The maximum atomic E-state index is 8.81. The van der Waals surface area contributed by atoms with E-state index in [1.807, 2.05) is 13.0 Å². The third kappa shape index (κ3) is 2.13. The van der Waals surface area contributed by atoms with Crippen molar-refractivity contribution in [1.82, 2.24) is 9.97 Å². The Morgan fingerprint density at radius 1 is 1.50 bits per heavy atom. The van der Waals surface area contributed by atoms with Crippen molar-refractivity contribution in [1.29, 1.82) is 5.26 Å². The maximum Gasteiger partial charge on any atom is 0.188 e. The van der Waals surface area contributed by atoms with E-state index >= 15 is 0 Å². The lowest BCUT2D eigenvalue weighted by atomic mass is 10.3. The minimum absolute atomic E-state index is 0.317. The van der Waals surface area contributed by atoms with Crippen molar-refractivity contribution in [2.45, 2.75) is 6.92 Å². The van der Waals surface area contributed by atoms with Gasteiger partial charge in [0.1, 0.15) is 11.1 Å². The number of hydrogen-bond acceptors (Lipinski definition) is 5. The molecule has 0 bridgehead atoms. The van der Waals surface area contributed by atoms with Crippen LogP contribution in [0.2, 0.25) is 5.02 Å². The Morgan fingerprint density at radius 3 is 2.94 bits per heavy atom. The predicted molar refractivity (Wildman–Crippen MR) is 64.1 cm³/mol. The van der Waals surface area contributed by atoms with E-state index in [4.69, 9.17) is 16.9 Å². The van der Waals surface area contributed by atoms with Crippen molar-refractivity contribution >= 4 is 33.9 Å². The van der Waals surface area contributed by atoms with Crippen molar-refractivity contribution in [3.05, 3.63) is 33.9 Å². The maximum absolute atomic E-state index is 8.81. The second kappa shape index (κ2) is 4.47. The highest BCUT2D eigenvalue weighted by atomic mass is 35.5. The molecule has 0 saturated heterocycles. The van der Waals surface area contributed by atoms with Crippen LogP contribution >= 0.6 is 22.9 Å². The largest absolute Gasteiger partial charge is 0.315 e. The Bertz CT molecular complexity index is 558.